The molecule has 3 heterocycles. The highest BCUT2D eigenvalue weighted by atomic mass is 16.7. The molecule has 9 nitrogen and oxygen atoms in total. The van der Waals surface area contributed by atoms with Gasteiger partial charge in [-0.15, -0.1) is 0 Å². The number of carbonyl (C=O) groups is 2. The lowest BCUT2D eigenvalue weighted by Gasteiger charge is -2.62. The van der Waals surface area contributed by atoms with Gasteiger partial charge in [-0.3, -0.25) is 14.5 Å². The fourth-order valence-electron chi connectivity index (χ4n) is 14.0. The van der Waals surface area contributed by atoms with Gasteiger partial charge in [0.2, 0.25) is 0 Å². The average Bonchev–Trinajstić information content (AvgIpc) is 3.64. The van der Waals surface area contributed by atoms with Gasteiger partial charge >= 0.3 is 5.97 Å². The van der Waals surface area contributed by atoms with Crippen molar-refractivity contribution in [3.8, 4) is 0 Å². The van der Waals surface area contributed by atoms with E-state index < -0.39 is 29.3 Å². The van der Waals surface area contributed by atoms with Gasteiger partial charge in [-0.25, -0.2) is 0 Å². The van der Waals surface area contributed by atoms with Gasteiger partial charge < -0.3 is 28.8 Å². The van der Waals surface area contributed by atoms with Crippen LogP contribution in [0.15, 0.2) is 0 Å². The standard InChI is InChI=1S/C40H63NO8/c1-9-29(42)49-34(36(5,6)44)25-18-23(2)31-32(47-25)33(43)38(8)27-11-10-26-35(3,4)28(48-30-19-41(16-17-46-30)24-20-45-21-24)12-13-39(26)22-40(27,39)15-14-37(31,38)7/h23-28,30-32,34,44H,9-22H2,1-8H3/t23-,25-,26+,27+,28+,30+,31+,32+,34+,37-,38-,39-,40+/m1/s1. The van der Waals surface area contributed by atoms with Gasteiger partial charge in [0.15, 0.2) is 18.2 Å². The number of morpholine rings is 1. The molecule has 8 rings (SSSR count). The summed E-state index contributed by atoms with van der Waals surface area (Å²) in [5.74, 6) is 1.17. The van der Waals surface area contributed by atoms with Crippen molar-refractivity contribution in [3.63, 3.8) is 0 Å². The summed E-state index contributed by atoms with van der Waals surface area (Å²) in [5, 5.41) is 11.1. The number of ketones is 1. The second-order valence-corrected chi connectivity index (χ2v) is 19.4. The summed E-state index contributed by atoms with van der Waals surface area (Å²) in [5.41, 5.74) is -1.40. The van der Waals surface area contributed by atoms with Crippen molar-refractivity contribution in [3.05, 3.63) is 0 Å². The molecule has 0 aromatic heterocycles. The summed E-state index contributed by atoms with van der Waals surface area (Å²) in [6, 6.07) is 0.500. The van der Waals surface area contributed by atoms with E-state index in [1.54, 1.807) is 20.8 Å². The van der Waals surface area contributed by atoms with Gasteiger partial charge in [0.05, 0.1) is 50.2 Å². The normalized spacial score (nSPS) is 49.8. The van der Waals surface area contributed by atoms with E-state index in [9.17, 15) is 9.90 Å². The Hall–Kier alpha value is -1.10. The Morgan fingerprint density at radius 3 is 2.45 bits per heavy atom. The third kappa shape index (κ3) is 4.76. The Morgan fingerprint density at radius 2 is 1.78 bits per heavy atom. The minimum absolute atomic E-state index is 0.0279. The molecule has 9 heteroatoms. The van der Waals surface area contributed by atoms with Crippen molar-refractivity contribution >= 4 is 11.8 Å². The molecule has 1 N–H and O–H groups in total. The third-order valence-electron chi connectivity index (χ3n) is 16.6. The number of rotatable bonds is 7. The van der Waals surface area contributed by atoms with Gasteiger partial charge in [-0.05, 0) is 105 Å². The van der Waals surface area contributed by atoms with Crippen LogP contribution in [0.5, 0.6) is 0 Å². The highest BCUT2D eigenvalue weighted by molar-refractivity contribution is 5.93. The van der Waals surface area contributed by atoms with Crippen LogP contribution in [0.2, 0.25) is 0 Å². The number of carbonyl (C=O) groups excluding carboxylic acids is 2. The van der Waals surface area contributed by atoms with Gasteiger partial charge in [0, 0.05) is 24.3 Å². The zero-order valence-corrected chi connectivity index (χ0v) is 31.4. The van der Waals surface area contributed by atoms with Crippen molar-refractivity contribution in [1.29, 1.82) is 0 Å². The number of esters is 1. The van der Waals surface area contributed by atoms with E-state index in [0.29, 0.717) is 30.9 Å². The van der Waals surface area contributed by atoms with Gasteiger partial charge in [0.25, 0.3) is 0 Å². The van der Waals surface area contributed by atoms with Crippen LogP contribution in [0.4, 0.5) is 0 Å². The van der Waals surface area contributed by atoms with Crippen LogP contribution in [0.1, 0.15) is 113 Å². The molecule has 13 atom stereocenters. The fraction of sp³-hybridized carbons (Fsp3) is 0.950. The number of nitrogens with zero attached hydrogens (tertiary/aromatic N) is 1. The van der Waals surface area contributed by atoms with Gasteiger partial charge in [-0.2, -0.15) is 0 Å². The molecular weight excluding hydrogens is 622 g/mol. The summed E-state index contributed by atoms with van der Waals surface area (Å²) in [4.78, 5) is 30.0. The third-order valence-corrected chi connectivity index (χ3v) is 16.6. The Labute approximate surface area is 293 Å². The maximum atomic E-state index is 15.1. The van der Waals surface area contributed by atoms with E-state index in [0.717, 1.165) is 52.0 Å². The minimum Gasteiger partial charge on any atom is -0.457 e. The van der Waals surface area contributed by atoms with Crippen LogP contribution in [-0.2, 0) is 33.3 Å². The van der Waals surface area contributed by atoms with E-state index >= 15 is 4.79 Å². The molecule has 0 aromatic rings. The monoisotopic (exact) mass is 685 g/mol. The number of aliphatic hydroxyl groups is 1. The number of hydrogen-bond acceptors (Lipinski definition) is 9. The maximum absolute atomic E-state index is 15.1. The average molecular weight is 686 g/mol. The molecule has 0 aromatic carbocycles. The zero-order chi connectivity index (χ0) is 34.9. The van der Waals surface area contributed by atoms with E-state index in [2.05, 4.69) is 39.5 Å². The lowest BCUT2D eigenvalue weighted by atomic mass is 9.41. The van der Waals surface area contributed by atoms with E-state index in [4.69, 9.17) is 23.7 Å². The van der Waals surface area contributed by atoms with Crippen molar-refractivity contribution in [2.45, 2.75) is 156 Å². The summed E-state index contributed by atoms with van der Waals surface area (Å²) < 4.78 is 31.2. The topological polar surface area (TPSA) is 104 Å². The largest absolute Gasteiger partial charge is 0.457 e. The second-order valence-electron chi connectivity index (χ2n) is 19.4. The van der Waals surface area contributed by atoms with Crippen LogP contribution < -0.4 is 0 Å². The highest BCUT2D eigenvalue weighted by Gasteiger charge is 2.85. The molecule has 0 bridgehead atoms. The molecule has 2 spiro atoms. The molecule has 0 amide bonds. The van der Waals surface area contributed by atoms with Crippen LogP contribution in [-0.4, -0.2) is 97.0 Å². The Morgan fingerprint density at radius 1 is 1.06 bits per heavy atom. The van der Waals surface area contributed by atoms with Crippen molar-refractivity contribution in [1.82, 2.24) is 4.90 Å². The molecule has 5 aliphatic carbocycles. The minimum atomic E-state index is -1.28. The molecule has 49 heavy (non-hydrogen) atoms. The van der Waals surface area contributed by atoms with Crippen molar-refractivity contribution < 1.29 is 38.4 Å². The fourth-order valence-corrected chi connectivity index (χ4v) is 14.0. The maximum Gasteiger partial charge on any atom is 0.305 e. The molecule has 5 saturated carbocycles. The van der Waals surface area contributed by atoms with Crippen molar-refractivity contribution in [2.24, 2.45) is 50.7 Å². The molecule has 8 aliphatic rings. The summed E-state index contributed by atoms with van der Waals surface area (Å²) >= 11 is 0. The Bertz CT molecular complexity index is 1340. The zero-order valence-electron chi connectivity index (χ0n) is 31.4. The SMILES string of the molecule is CCC(=O)O[C@@H]([C@H]1C[C@@H](C)[C@H]2[C@H](O1)C(=O)[C@@]1(C)[C@@H]3CC[C@H]4C(C)(C)[C@@H](O[C@H]5CN(C6COC6)CCO5)CC[C@@]45C[C@@]35CC[C@]21C)C(C)(C)O. The summed E-state index contributed by atoms with van der Waals surface area (Å²) in [6.45, 7) is 21.1. The molecule has 3 aliphatic heterocycles. The van der Waals surface area contributed by atoms with Crippen LogP contribution in [0, 0.1) is 50.7 Å². The smallest absolute Gasteiger partial charge is 0.305 e. The lowest BCUT2D eigenvalue weighted by molar-refractivity contribution is -0.255. The van der Waals surface area contributed by atoms with Crippen LogP contribution in [0.25, 0.3) is 0 Å². The number of hydrogen-bond donors (Lipinski definition) is 1. The molecule has 0 radical (unpaired) electrons. The van der Waals surface area contributed by atoms with E-state index in [1.165, 1.54) is 19.3 Å². The van der Waals surface area contributed by atoms with E-state index in [1.807, 2.05) is 0 Å². The summed E-state index contributed by atoms with van der Waals surface area (Å²) in [6.07, 6.45) is 6.94. The molecule has 276 valence electrons. The molecule has 3 saturated heterocycles. The van der Waals surface area contributed by atoms with Gasteiger partial charge in [0.1, 0.15) is 6.10 Å². The van der Waals surface area contributed by atoms with Crippen molar-refractivity contribution in [2.75, 3.05) is 32.9 Å². The molecular formula is C40H63NO8. The van der Waals surface area contributed by atoms with Crippen LogP contribution >= 0.6 is 0 Å². The molecule has 0 unspecified atom stereocenters. The first-order valence-electron chi connectivity index (χ1n) is 19.7. The quantitative estimate of drug-likeness (QED) is 0.346. The summed E-state index contributed by atoms with van der Waals surface area (Å²) in [7, 11) is 0. The Balaban J connectivity index is 1.03. The lowest BCUT2D eigenvalue weighted by Crippen LogP contribution is -2.60. The second kappa shape index (κ2) is 11.4. The number of Topliss-reactive ketones (excluding diaryl/α,β-unsaturated/α-hetero) is 1. The first-order chi connectivity index (χ1) is 23.0. The predicted molar refractivity (Wildman–Crippen MR) is 182 cm³/mol. The Kier molecular flexibility index (Phi) is 8.17. The first kappa shape index (κ1) is 35.0. The predicted octanol–water partition coefficient (Wildman–Crippen LogP) is 5.54. The van der Waals surface area contributed by atoms with E-state index in [-0.39, 0.29) is 64.1 Å². The number of ether oxygens (including phenoxy) is 5. The molecule has 8 fully saturated rings. The van der Waals surface area contributed by atoms with Crippen LogP contribution in [0.3, 0.4) is 0 Å². The first-order valence-corrected chi connectivity index (χ1v) is 19.7. The number of fused-ring (bicyclic) bond motifs is 4. The highest BCUT2D eigenvalue weighted by Crippen LogP contribution is 2.89. The van der Waals surface area contributed by atoms with Gasteiger partial charge in [-0.1, -0.05) is 41.5 Å².